The van der Waals surface area contributed by atoms with E-state index in [0.717, 1.165) is 27.4 Å². The molecule has 0 saturated heterocycles. The van der Waals surface area contributed by atoms with E-state index in [1.54, 1.807) is 13.4 Å². The minimum Gasteiger partial charge on any atom is -0.857 e. The van der Waals surface area contributed by atoms with E-state index in [2.05, 4.69) is 51.8 Å². The Morgan fingerprint density at radius 1 is 0.929 bits per heavy atom. The molecule has 152 valence electrons. The Labute approximate surface area is 223 Å². The van der Waals surface area contributed by atoms with Gasteiger partial charge in [0.15, 0.2) is 0 Å². The van der Waals surface area contributed by atoms with Crippen LogP contribution in [0.25, 0.3) is 0 Å². The average Bonchev–Trinajstić information content (AvgIpc) is 3.52. The van der Waals surface area contributed by atoms with Crippen LogP contribution >= 0.6 is 57.0 Å². The van der Waals surface area contributed by atoms with Crippen LogP contribution in [0.1, 0.15) is 48.9 Å². The Hall–Kier alpha value is 0.870. The molecule has 2 saturated carbocycles. The van der Waals surface area contributed by atoms with Crippen LogP contribution in [0.4, 0.5) is 0 Å². The quantitative estimate of drug-likeness (QED) is 0.228. The van der Waals surface area contributed by atoms with Crippen molar-refractivity contribution in [2.75, 3.05) is 14.2 Å². The van der Waals surface area contributed by atoms with E-state index in [1.165, 1.54) is 32.0 Å². The third-order valence-electron chi connectivity index (χ3n) is 3.68. The Balaban J connectivity index is 0. The minimum atomic E-state index is 0. The van der Waals surface area contributed by atoms with Gasteiger partial charge in [0.2, 0.25) is 5.88 Å². The molecule has 28 heavy (non-hydrogen) atoms. The topological polar surface area (TPSA) is 83.9 Å². The summed E-state index contributed by atoms with van der Waals surface area (Å²) in [7, 11) is 2.36. The number of hydrogen-bond donors (Lipinski definition) is 0. The minimum absolute atomic E-state index is 0. The first-order chi connectivity index (χ1) is 12.1. The molecule has 0 atom stereocenters. The van der Waals surface area contributed by atoms with Crippen LogP contribution in [-0.4, -0.2) is 34.2 Å². The van der Waals surface area contributed by atoms with Gasteiger partial charge in [-0.2, -0.15) is 20.6 Å². The fourth-order valence-corrected chi connectivity index (χ4v) is 3.51. The summed E-state index contributed by atoms with van der Waals surface area (Å²) < 4.78 is 6.84. The fourth-order valence-electron chi connectivity index (χ4n) is 2.15. The van der Waals surface area contributed by atoms with Crippen LogP contribution in [0, 0.1) is 0 Å². The largest absolute Gasteiger partial charge is 1.00 e. The fraction of sp³-hybridized carbons (Fsp3) is 0.500. The summed E-state index contributed by atoms with van der Waals surface area (Å²) in [6, 6.07) is 0. The van der Waals surface area contributed by atoms with Crippen LogP contribution in [-0.2, 0) is 13.5 Å². The van der Waals surface area contributed by atoms with Crippen LogP contribution < -0.4 is 39.4 Å². The number of thiol groups is 1. The van der Waals surface area contributed by atoms with Gasteiger partial charge in [0.05, 0.1) is 23.0 Å². The van der Waals surface area contributed by atoms with Gasteiger partial charge in [-0.3, -0.25) is 0 Å². The van der Waals surface area contributed by atoms with E-state index in [4.69, 9.17) is 21.4 Å². The van der Waals surface area contributed by atoms with Crippen LogP contribution in [0.5, 0.6) is 5.88 Å². The van der Waals surface area contributed by atoms with Crippen molar-refractivity contribution in [3.8, 4) is 5.88 Å². The van der Waals surface area contributed by atoms with Gasteiger partial charge < -0.3 is 23.3 Å². The zero-order valence-corrected chi connectivity index (χ0v) is 23.6. The molecule has 0 unspecified atom stereocenters. The number of hydrogen-bond acceptors (Lipinski definition) is 7. The SMILES string of the molecule is COc1ncnc(C2CC2)c1Br.C[O-].Clc1ncnc(C2CC2)c1Br.S.[Na+].[SH-]. The predicted octanol–water partition coefficient (Wildman–Crippen LogP) is 0.718. The second kappa shape index (κ2) is 15.6. The molecule has 2 heterocycles. The first-order valence-corrected chi connectivity index (χ1v) is 9.69. The summed E-state index contributed by atoms with van der Waals surface area (Å²) in [5, 5.41) is 8.77. The first kappa shape index (κ1) is 31.1. The van der Waals surface area contributed by atoms with Gasteiger partial charge in [-0.25, -0.2) is 19.9 Å². The molecular formula is C16H21Br2ClN4NaO2S2-. The molecule has 0 amide bonds. The number of ether oxygens (including phenoxy) is 1. The molecule has 2 aromatic rings. The molecule has 0 aromatic carbocycles. The van der Waals surface area contributed by atoms with Gasteiger partial charge in [0, 0.05) is 11.8 Å². The zero-order valence-electron chi connectivity index (χ0n) is 15.8. The van der Waals surface area contributed by atoms with E-state index < -0.39 is 0 Å². The number of aromatic nitrogens is 4. The van der Waals surface area contributed by atoms with Gasteiger partial charge in [-0.1, -0.05) is 11.6 Å². The Morgan fingerprint density at radius 3 is 1.79 bits per heavy atom. The molecular weight excluding hydrogens is 563 g/mol. The van der Waals surface area contributed by atoms with Crippen molar-refractivity contribution >= 4 is 70.5 Å². The molecule has 0 N–H and O–H groups in total. The molecule has 6 nitrogen and oxygen atoms in total. The van der Waals surface area contributed by atoms with E-state index >= 15 is 0 Å². The van der Waals surface area contributed by atoms with Gasteiger partial charge >= 0.3 is 29.6 Å². The molecule has 0 bridgehead atoms. The summed E-state index contributed by atoms with van der Waals surface area (Å²) in [5.41, 5.74) is 2.15. The molecule has 12 heteroatoms. The normalized spacial score (nSPS) is 13.8. The maximum atomic E-state index is 8.25. The molecule has 2 aliphatic carbocycles. The summed E-state index contributed by atoms with van der Waals surface area (Å²) >= 11 is 12.6. The second-order valence-corrected chi connectivity index (χ2v) is 7.44. The molecule has 2 fully saturated rings. The van der Waals surface area contributed by atoms with E-state index in [0.29, 0.717) is 22.9 Å². The van der Waals surface area contributed by atoms with Crippen LogP contribution in [0.2, 0.25) is 5.15 Å². The second-order valence-electron chi connectivity index (χ2n) is 5.49. The van der Waals surface area contributed by atoms with Crippen molar-refractivity contribution in [2.24, 2.45) is 0 Å². The Bertz CT molecular complexity index is 729. The molecule has 0 aliphatic heterocycles. The molecule has 2 aliphatic rings. The van der Waals surface area contributed by atoms with Crippen LogP contribution in [0.3, 0.4) is 0 Å². The van der Waals surface area contributed by atoms with Gasteiger partial charge in [-0.15, -0.1) is 0 Å². The monoisotopic (exact) mass is 581 g/mol. The number of rotatable bonds is 3. The van der Waals surface area contributed by atoms with Crippen molar-refractivity contribution in [1.82, 2.24) is 19.9 Å². The van der Waals surface area contributed by atoms with Crippen molar-refractivity contribution < 1.29 is 39.4 Å². The van der Waals surface area contributed by atoms with E-state index in [-0.39, 0.29) is 56.5 Å². The van der Waals surface area contributed by atoms with Crippen molar-refractivity contribution in [3.63, 3.8) is 0 Å². The molecule has 0 spiro atoms. The standard InChI is InChI=1S/C8H9BrN2O.C7H6BrClN2.CH3O.Na.2H2S/c1-12-8-6(9)7(5-2-3-5)10-4-11-8;8-5-6(4-1-2-4)10-3-11-7(5)9;1-2;;;/h4-5H,2-3H2,1H3;3-4H,1-2H2;1H3;;2*1H2/q;;-1;+1;;/p-1. The smallest absolute Gasteiger partial charge is 0.857 e. The van der Waals surface area contributed by atoms with Crippen molar-refractivity contribution in [1.29, 1.82) is 0 Å². The van der Waals surface area contributed by atoms with Gasteiger partial charge in [0.25, 0.3) is 0 Å². The third-order valence-corrected chi connectivity index (χ3v) is 5.72. The van der Waals surface area contributed by atoms with Crippen molar-refractivity contribution in [3.05, 3.63) is 38.1 Å². The summed E-state index contributed by atoms with van der Waals surface area (Å²) in [6.07, 6.45) is 7.99. The first-order valence-electron chi connectivity index (χ1n) is 7.73. The summed E-state index contributed by atoms with van der Waals surface area (Å²) in [4.78, 5) is 16.2. The average molecular weight is 584 g/mol. The summed E-state index contributed by atoms with van der Waals surface area (Å²) in [6.45, 7) is 0. The van der Waals surface area contributed by atoms with Crippen molar-refractivity contribution in [2.45, 2.75) is 37.5 Å². The zero-order chi connectivity index (χ0) is 18.4. The van der Waals surface area contributed by atoms with Gasteiger partial charge in [-0.05, 0) is 57.5 Å². The van der Waals surface area contributed by atoms with Crippen LogP contribution in [0.15, 0.2) is 21.6 Å². The maximum absolute atomic E-state index is 8.25. The Morgan fingerprint density at radius 2 is 1.36 bits per heavy atom. The molecule has 0 radical (unpaired) electrons. The third kappa shape index (κ3) is 8.93. The molecule has 2 aromatic heterocycles. The predicted molar refractivity (Wildman–Crippen MR) is 120 cm³/mol. The Kier molecular flexibility index (Phi) is 17.3. The number of nitrogens with zero attached hydrogens (tertiary/aromatic N) is 4. The van der Waals surface area contributed by atoms with E-state index in [9.17, 15) is 0 Å². The number of halogens is 3. The number of methoxy groups -OCH3 is 1. The van der Waals surface area contributed by atoms with E-state index in [1.807, 2.05) is 0 Å². The summed E-state index contributed by atoms with van der Waals surface area (Å²) in [5.74, 6) is 1.87. The molecule has 4 rings (SSSR count). The van der Waals surface area contributed by atoms with Gasteiger partial charge in [0.1, 0.15) is 22.3 Å². The maximum Gasteiger partial charge on any atom is 1.00 e.